The molecule has 6 heterocycles. The number of hydrogen-bond donors (Lipinski definition) is 0. The zero-order chi connectivity index (χ0) is 50.3. The monoisotopic (exact) mass is 1030 g/mol. The number of methoxy groups -OCH3 is 4. The smallest absolute Gasteiger partial charge is 0.197 e. The first-order valence-electron chi connectivity index (χ1n) is 21.6. The number of aromatic nitrogens is 12. The van der Waals surface area contributed by atoms with E-state index >= 15 is 0 Å². The predicted octanol–water partition coefficient (Wildman–Crippen LogP) is 6.72. The molecule has 0 unspecified atom stereocenters. The van der Waals surface area contributed by atoms with Crippen molar-refractivity contribution in [1.29, 1.82) is 0 Å². The summed E-state index contributed by atoms with van der Waals surface area (Å²) in [6.07, 6.45) is 7.08. The first kappa shape index (κ1) is 51.1. The molecule has 0 fully saturated rings. The lowest BCUT2D eigenvalue weighted by atomic mass is 10.2. The van der Waals surface area contributed by atoms with Crippen LogP contribution in [0.4, 0.5) is 0 Å². The van der Waals surface area contributed by atoms with E-state index in [0.29, 0.717) is 67.7 Å². The minimum absolute atomic E-state index is 0.188. The Labute approximate surface area is 414 Å². The number of nitrogens with zero attached hydrogens (tertiary/aromatic N) is 12. The molecule has 0 aliphatic heterocycles. The molecule has 368 valence electrons. The van der Waals surface area contributed by atoms with E-state index < -0.39 is 30.2 Å². The summed E-state index contributed by atoms with van der Waals surface area (Å²) in [6, 6.07) is 10.7. The number of benzene rings is 2. The van der Waals surface area contributed by atoms with Gasteiger partial charge >= 0.3 is 0 Å². The van der Waals surface area contributed by atoms with Crippen molar-refractivity contribution in [2.24, 2.45) is 0 Å². The summed E-state index contributed by atoms with van der Waals surface area (Å²) in [5, 5.41) is 20.7. The van der Waals surface area contributed by atoms with Crippen LogP contribution in [0.3, 0.4) is 0 Å². The Bertz CT molecular complexity index is 3040. The highest BCUT2D eigenvalue weighted by Gasteiger charge is 2.32. The van der Waals surface area contributed by atoms with Gasteiger partial charge in [-0.1, -0.05) is 12.1 Å². The molecule has 0 aliphatic carbocycles. The predicted molar refractivity (Wildman–Crippen MR) is 266 cm³/mol. The van der Waals surface area contributed by atoms with Crippen molar-refractivity contribution in [1.82, 2.24) is 59.4 Å². The second kappa shape index (κ2) is 21.9. The van der Waals surface area contributed by atoms with Crippen LogP contribution in [0, 0.1) is 27.7 Å². The summed E-state index contributed by atoms with van der Waals surface area (Å²) < 4.78 is 79.3. The fourth-order valence-corrected chi connectivity index (χ4v) is 11.1. The molecule has 8 rings (SSSR count). The topological polar surface area (TPSA) is 244 Å². The van der Waals surface area contributed by atoms with Gasteiger partial charge in [0.1, 0.15) is 57.5 Å². The van der Waals surface area contributed by atoms with Crippen LogP contribution in [-0.2, 0) is 44.0 Å². The Hall–Kier alpha value is -6.76. The molecule has 0 saturated carbocycles. The molecule has 6 aromatic heterocycles. The van der Waals surface area contributed by atoms with E-state index in [1.54, 1.807) is 84.2 Å². The molecule has 0 saturated heterocycles. The number of aryl methyl sites for hydroxylation is 4. The Morgan fingerprint density at radius 3 is 1.14 bits per heavy atom. The average molecular weight is 1030 g/mol. The second-order valence-electron chi connectivity index (χ2n) is 16.2. The molecular weight excluding hydrogens is 977 g/mol. The lowest BCUT2D eigenvalue weighted by Crippen LogP contribution is -2.24. The number of para-hydroxylation sites is 2. The Morgan fingerprint density at radius 1 is 0.529 bits per heavy atom. The third-order valence-corrected chi connectivity index (χ3v) is 16.8. The second-order valence-corrected chi connectivity index (χ2v) is 22.7. The molecule has 0 aliphatic rings. The van der Waals surface area contributed by atoms with E-state index in [2.05, 4.69) is 50.3 Å². The van der Waals surface area contributed by atoms with Gasteiger partial charge in [-0.15, -0.1) is 43.1 Å². The molecule has 0 spiro atoms. The first-order chi connectivity index (χ1) is 33.5. The molecule has 0 N–H and O–H groups in total. The van der Waals surface area contributed by atoms with Crippen LogP contribution in [0.15, 0.2) is 71.9 Å². The van der Waals surface area contributed by atoms with Crippen LogP contribution in [0.2, 0.25) is 0 Å². The number of rotatable bonds is 18. The summed E-state index contributed by atoms with van der Waals surface area (Å²) >= 11 is 2.79. The maximum atomic E-state index is 13.4. The summed E-state index contributed by atoms with van der Waals surface area (Å²) in [7, 11) is -1.16. The third-order valence-electron chi connectivity index (χ3n) is 10.8. The summed E-state index contributed by atoms with van der Waals surface area (Å²) in [5.41, 5.74) is 4.48. The van der Waals surface area contributed by atoms with Gasteiger partial charge in [-0.3, -0.25) is 9.13 Å². The van der Waals surface area contributed by atoms with Gasteiger partial charge in [0.25, 0.3) is 0 Å². The SMILES string of the molecule is COc1cccc(OC)c1-n1c(CS(=O)(=O)[C@@H](C)Cc2ncc(C)cn2)nnc1-c1nc(C)cs1.COc1cccc(OC)c1-n1c(CS(=O)(=O)[C@H](C)Cc2ncc(C)cn2)nnc1-c1nc(C)cs1. The summed E-state index contributed by atoms with van der Waals surface area (Å²) in [6.45, 7) is 10.8. The maximum absolute atomic E-state index is 13.4. The highest BCUT2D eigenvalue weighted by Crippen LogP contribution is 2.39. The van der Waals surface area contributed by atoms with Crippen molar-refractivity contribution < 1.29 is 35.8 Å². The molecule has 20 nitrogen and oxygen atoms in total. The molecule has 2 atom stereocenters. The highest BCUT2D eigenvalue weighted by atomic mass is 32.2. The van der Waals surface area contributed by atoms with E-state index in [1.807, 2.05) is 38.5 Å². The van der Waals surface area contributed by atoms with Crippen LogP contribution in [0.25, 0.3) is 33.0 Å². The van der Waals surface area contributed by atoms with Gasteiger partial charge in [-0.2, -0.15) is 0 Å². The van der Waals surface area contributed by atoms with Crippen LogP contribution >= 0.6 is 22.7 Å². The quantitative estimate of drug-likeness (QED) is 0.0865. The molecule has 24 heteroatoms. The number of sulfone groups is 2. The van der Waals surface area contributed by atoms with Gasteiger partial charge in [-0.25, -0.2) is 46.7 Å². The van der Waals surface area contributed by atoms with Crippen LogP contribution in [-0.4, -0.2) is 115 Å². The Kier molecular flexibility index (Phi) is 16.0. The molecule has 0 amide bonds. The van der Waals surface area contributed by atoms with Crippen LogP contribution < -0.4 is 18.9 Å². The van der Waals surface area contributed by atoms with Gasteiger partial charge < -0.3 is 18.9 Å². The zero-order valence-electron chi connectivity index (χ0n) is 40.2. The standard InChI is InChI=1S/2C23H26N6O4S2/c2*1-14-10-24-19(25-11-14)9-16(3)35(30,31)13-20-27-28-22(23-26-15(2)12-34-23)29(20)21-17(32-4)7-6-8-18(21)33-5/h2*6-8,10-12,16H,9,13H2,1-5H3/t2*16-/m10/s1. The van der Waals surface area contributed by atoms with Gasteiger partial charge in [0, 0.05) is 59.8 Å². The third kappa shape index (κ3) is 11.5. The largest absolute Gasteiger partial charge is 0.494 e. The Morgan fingerprint density at radius 2 is 0.857 bits per heavy atom. The maximum Gasteiger partial charge on any atom is 0.197 e. The number of thiazole rings is 2. The van der Waals surface area contributed by atoms with Crippen molar-refractivity contribution >= 4 is 42.3 Å². The van der Waals surface area contributed by atoms with E-state index in [0.717, 1.165) is 22.5 Å². The fourth-order valence-electron chi connectivity index (χ4n) is 7.05. The number of hydrogen-bond acceptors (Lipinski definition) is 20. The molecule has 0 radical (unpaired) electrons. The lowest BCUT2D eigenvalue weighted by molar-refractivity contribution is 0.390. The van der Waals surface area contributed by atoms with Gasteiger partial charge in [0.15, 0.2) is 53.0 Å². The Balaban J connectivity index is 0.000000206. The van der Waals surface area contributed by atoms with E-state index in [4.69, 9.17) is 18.9 Å². The van der Waals surface area contributed by atoms with E-state index in [9.17, 15) is 16.8 Å². The van der Waals surface area contributed by atoms with Gasteiger partial charge in [0.2, 0.25) is 0 Å². The lowest BCUT2D eigenvalue weighted by Gasteiger charge is -2.17. The average Bonchev–Trinajstić information content (AvgIpc) is 4.17. The zero-order valence-corrected chi connectivity index (χ0v) is 43.4. The van der Waals surface area contributed by atoms with Crippen molar-refractivity contribution in [3.63, 3.8) is 0 Å². The van der Waals surface area contributed by atoms with E-state index in [1.165, 1.54) is 51.1 Å². The summed E-state index contributed by atoms with van der Waals surface area (Å²) in [4.78, 5) is 26.1. The molecule has 70 heavy (non-hydrogen) atoms. The molecular formula is C46H52N12O8S4. The molecule has 8 aromatic rings. The van der Waals surface area contributed by atoms with Gasteiger partial charge in [-0.05, 0) is 76.9 Å². The van der Waals surface area contributed by atoms with Crippen molar-refractivity contribution in [3.05, 3.63) is 118 Å². The van der Waals surface area contributed by atoms with Crippen molar-refractivity contribution in [2.45, 2.75) is 76.4 Å². The van der Waals surface area contributed by atoms with Crippen LogP contribution in [0.1, 0.15) is 59.7 Å². The molecule has 2 aromatic carbocycles. The minimum atomic E-state index is -3.66. The summed E-state index contributed by atoms with van der Waals surface area (Å²) in [5.74, 6) is 3.46. The van der Waals surface area contributed by atoms with Gasteiger partial charge in [0.05, 0.1) is 38.9 Å². The highest BCUT2D eigenvalue weighted by molar-refractivity contribution is 7.91. The van der Waals surface area contributed by atoms with Crippen LogP contribution in [0.5, 0.6) is 23.0 Å². The molecule has 0 bridgehead atoms. The fraction of sp³-hybridized carbons (Fsp3) is 0.348. The van der Waals surface area contributed by atoms with E-state index in [-0.39, 0.29) is 36.0 Å². The normalized spacial score (nSPS) is 12.5. The first-order valence-corrected chi connectivity index (χ1v) is 26.8. The van der Waals surface area contributed by atoms with Crippen molar-refractivity contribution in [3.8, 4) is 56.0 Å². The number of ether oxygens (including phenoxy) is 4. The minimum Gasteiger partial charge on any atom is -0.494 e. The van der Waals surface area contributed by atoms with Crippen molar-refractivity contribution in [2.75, 3.05) is 28.4 Å².